The summed E-state index contributed by atoms with van der Waals surface area (Å²) in [4.78, 5) is 16.1. The lowest BCUT2D eigenvalue weighted by Crippen LogP contribution is -2.25. The van der Waals surface area contributed by atoms with Crippen LogP contribution in [0.5, 0.6) is 5.75 Å². The van der Waals surface area contributed by atoms with E-state index in [1.54, 1.807) is 6.92 Å². The average molecular weight is 332 g/mol. The van der Waals surface area contributed by atoms with Crippen molar-refractivity contribution in [3.8, 4) is 5.75 Å². The summed E-state index contributed by atoms with van der Waals surface area (Å²) in [7, 11) is 0. The van der Waals surface area contributed by atoms with E-state index in [1.165, 1.54) is 11.8 Å². The van der Waals surface area contributed by atoms with Gasteiger partial charge >= 0.3 is 6.09 Å². The Morgan fingerprint density at radius 2 is 2.10 bits per heavy atom. The van der Waals surface area contributed by atoms with Gasteiger partial charge in [-0.3, -0.25) is 4.84 Å². The fourth-order valence-electron chi connectivity index (χ4n) is 1.12. The molecule has 1 aromatic carbocycles. The molecule has 0 spiro atoms. The maximum Gasteiger partial charge on any atom is 0.433 e. The van der Waals surface area contributed by atoms with Crippen LogP contribution in [0.4, 0.5) is 4.79 Å². The maximum absolute atomic E-state index is 11.4. The fraction of sp³-hybridized carbons (Fsp3) is 0.333. The van der Waals surface area contributed by atoms with Gasteiger partial charge in [0, 0.05) is 0 Å². The molecule has 1 amide bonds. The zero-order valence-corrected chi connectivity index (χ0v) is 14.1. The van der Waals surface area contributed by atoms with Gasteiger partial charge in [0.2, 0.25) is 0 Å². The van der Waals surface area contributed by atoms with Crippen LogP contribution in [0.15, 0.2) is 35.5 Å². The number of carbonyl (C=O) groups excluding carboxylic acids is 1. The molecule has 8 heteroatoms. The zero-order valence-electron chi connectivity index (χ0n) is 11.5. The number of nitrogens with zero attached hydrogens (tertiary/aromatic N) is 1. The van der Waals surface area contributed by atoms with Crippen molar-refractivity contribution >= 4 is 41.0 Å². The lowest BCUT2D eigenvalue weighted by atomic mass is 10.3. The Kier molecular flexibility index (Phi) is 7.05. The molecule has 5 nitrogen and oxygen atoms in total. The van der Waals surface area contributed by atoms with E-state index in [9.17, 15) is 4.79 Å². The maximum atomic E-state index is 11.4. The second-order valence-corrected chi connectivity index (χ2v) is 9.79. The monoisotopic (exact) mass is 332 g/mol. The van der Waals surface area contributed by atoms with Crippen molar-refractivity contribution in [1.82, 2.24) is 5.32 Å². The molecule has 0 radical (unpaired) electrons. The summed E-state index contributed by atoms with van der Waals surface area (Å²) >= 11 is 6.78. The van der Waals surface area contributed by atoms with E-state index in [0.29, 0.717) is 10.8 Å². The molecule has 110 valence electrons. The van der Waals surface area contributed by atoms with Gasteiger partial charge in [-0.05, 0) is 32.0 Å². The van der Waals surface area contributed by atoms with Crippen LogP contribution in [0.25, 0.3) is 0 Å². The third-order valence-electron chi connectivity index (χ3n) is 2.10. The minimum absolute atomic E-state index is 0.240. The Bertz CT molecular complexity index is 523. The van der Waals surface area contributed by atoms with Crippen molar-refractivity contribution in [2.24, 2.45) is 5.16 Å². The van der Waals surface area contributed by atoms with Crippen molar-refractivity contribution in [2.75, 3.05) is 19.2 Å². The SMILES string of the molecule is CS/C(C)=N/OC(=O)NCP(C)(=S)Oc1ccccc1. The molecular weight excluding hydrogens is 315 g/mol. The predicted octanol–water partition coefficient (Wildman–Crippen LogP) is 3.47. The topological polar surface area (TPSA) is 59.9 Å². The number of hydrogen-bond acceptors (Lipinski definition) is 6. The van der Waals surface area contributed by atoms with E-state index in [4.69, 9.17) is 16.3 Å². The summed E-state index contributed by atoms with van der Waals surface area (Å²) in [5.41, 5.74) is 0. The molecule has 0 aromatic heterocycles. The van der Waals surface area contributed by atoms with Crippen molar-refractivity contribution in [1.29, 1.82) is 0 Å². The van der Waals surface area contributed by atoms with Gasteiger partial charge in [-0.2, -0.15) is 0 Å². The fourth-order valence-corrected chi connectivity index (χ4v) is 2.73. The first-order valence-corrected chi connectivity index (χ1v) is 10.4. The standard InChI is InChI=1S/C12H17N2O3PS2/c1-10(20-3)14-16-12(15)13-9-18(2,19)17-11-7-5-4-6-8-11/h4-8H,9H2,1-3H3,(H,13,15)/b14-10+. The van der Waals surface area contributed by atoms with Crippen molar-refractivity contribution in [3.63, 3.8) is 0 Å². The van der Waals surface area contributed by atoms with Crippen molar-refractivity contribution in [2.45, 2.75) is 6.92 Å². The second-order valence-electron chi connectivity index (χ2n) is 3.95. The molecule has 20 heavy (non-hydrogen) atoms. The second kappa shape index (κ2) is 8.29. The summed E-state index contributed by atoms with van der Waals surface area (Å²) in [6, 6.07) is 9.29. The molecule has 0 aliphatic rings. The number of thioether (sulfide) groups is 1. The summed E-state index contributed by atoms with van der Waals surface area (Å²) in [5, 5.41) is 6.86. The van der Waals surface area contributed by atoms with Crippen LogP contribution in [0.2, 0.25) is 0 Å². The highest BCUT2D eigenvalue weighted by molar-refractivity contribution is 8.13. The summed E-state index contributed by atoms with van der Waals surface area (Å²) in [6.07, 6.45) is -0.701. The van der Waals surface area contributed by atoms with Crippen LogP contribution in [-0.2, 0) is 16.6 Å². The summed E-state index contributed by atoms with van der Waals surface area (Å²) in [5.74, 6) is 0.699. The van der Waals surface area contributed by atoms with Crippen molar-refractivity contribution in [3.05, 3.63) is 30.3 Å². The van der Waals surface area contributed by atoms with E-state index in [2.05, 4.69) is 15.3 Å². The molecule has 1 unspecified atom stereocenters. The molecule has 0 saturated carbocycles. The minimum atomic E-state index is -2.15. The predicted molar refractivity (Wildman–Crippen MR) is 88.4 cm³/mol. The molecule has 1 rings (SSSR count). The van der Waals surface area contributed by atoms with Gasteiger partial charge in [-0.15, -0.1) is 11.8 Å². The zero-order chi connectivity index (χ0) is 15.0. The van der Waals surface area contributed by atoms with Gasteiger partial charge in [0.15, 0.2) is 0 Å². The average Bonchev–Trinajstić information content (AvgIpc) is 2.43. The molecule has 0 fully saturated rings. The molecular formula is C12H17N2O3PS2. The summed E-state index contributed by atoms with van der Waals surface area (Å²) in [6.45, 7) is 3.56. The Hall–Kier alpha value is -1.04. The first kappa shape index (κ1) is 17.0. The quantitative estimate of drug-likeness (QED) is 0.294. The van der Waals surface area contributed by atoms with Crippen LogP contribution < -0.4 is 9.84 Å². The highest BCUT2D eigenvalue weighted by atomic mass is 32.4. The molecule has 1 atom stereocenters. The van der Waals surface area contributed by atoms with E-state index in [1.807, 2.05) is 43.3 Å². The number of oxime groups is 1. The van der Waals surface area contributed by atoms with Crippen LogP contribution in [-0.4, -0.2) is 30.3 Å². The third-order valence-corrected chi connectivity index (χ3v) is 4.71. The number of carbonyl (C=O) groups is 1. The van der Waals surface area contributed by atoms with E-state index >= 15 is 0 Å². The van der Waals surface area contributed by atoms with Crippen LogP contribution in [0.1, 0.15) is 6.92 Å². The van der Waals surface area contributed by atoms with Gasteiger partial charge in [-0.25, -0.2) is 4.79 Å². The number of para-hydroxylation sites is 1. The summed E-state index contributed by atoms with van der Waals surface area (Å²) < 4.78 is 5.71. The largest absolute Gasteiger partial charge is 0.465 e. The molecule has 0 aliphatic heterocycles. The highest BCUT2D eigenvalue weighted by Gasteiger charge is 2.14. The number of nitrogens with one attached hydrogen (secondary N) is 1. The molecule has 0 bridgehead atoms. The van der Waals surface area contributed by atoms with Gasteiger partial charge in [-0.1, -0.05) is 35.2 Å². The van der Waals surface area contributed by atoms with E-state index in [0.717, 1.165) is 0 Å². The highest BCUT2D eigenvalue weighted by Crippen LogP contribution is 2.42. The Morgan fingerprint density at radius 3 is 2.70 bits per heavy atom. The molecule has 0 heterocycles. The molecule has 0 aliphatic carbocycles. The molecule has 1 aromatic rings. The Balaban J connectivity index is 2.43. The van der Waals surface area contributed by atoms with Gasteiger partial charge < -0.3 is 9.84 Å². The first-order chi connectivity index (χ1) is 9.43. The smallest absolute Gasteiger partial charge is 0.433 e. The normalized spacial score (nSPS) is 14.2. The van der Waals surface area contributed by atoms with Crippen LogP contribution >= 0.6 is 18.0 Å². The minimum Gasteiger partial charge on any atom is -0.465 e. The first-order valence-electron chi connectivity index (χ1n) is 5.77. The lowest BCUT2D eigenvalue weighted by Gasteiger charge is -2.18. The van der Waals surface area contributed by atoms with E-state index in [-0.39, 0.29) is 6.29 Å². The van der Waals surface area contributed by atoms with E-state index < -0.39 is 12.4 Å². The van der Waals surface area contributed by atoms with Gasteiger partial charge in [0.1, 0.15) is 17.1 Å². The van der Waals surface area contributed by atoms with Crippen LogP contribution in [0, 0.1) is 0 Å². The van der Waals surface area contributed by atoms with Crippen molar-refractivity contribution < 1.29 is 14.2 Å². The van der Waals surface area contributed by atoms with Gasteiger partial charge in [0.05, 0.1) is 6.29 Å². The molecule has 0 saturated heterocycles. The number of benzene rings is 1. The lowest BCUT2D eigenvalue weighted by molar-refractivity contribution is 0.152. The van der Waals surface area contributed by atoms with Gasteiger partial charge in [0.25, 0.3) is 0 Å². The number of hydrogen-bond donors (Lipinski definition) is 1. The third kappa shape index (κ3) is 6.93. The van der Waals surface area contributed by atoms with Crippen LogP contribution in [0.3, 0.4) is 0 Å². The number of amides is 1. The Morgan fingerprint density at radius 1 is 1.45 bits per heavy atom. The molecule has 1 N–H and O–H groups in total. The Labute approximate surface area is 128 Å². The number of rotatable bonds is 5.